The van der Waals surface area contributed by atoms with Gasteiger partial charge in [-0.3, -0.25) is 4.68 Å². The van der Waals surface area contributed by atoms with Crippen LogP contribution in [-0.4, -0.2) is 19.9 Å². The van der Waals surface area contributed by atoms with Gasteiger partial charge in [0, 0.05) is 5.56 Å². The second-order valence-corrected chi connectivity index (χ2v) is 6.70. The lowest BCUT2D eigenvalue weighted by Gasteiger charge is -2.24. The minimum atomic E-state index is -0.00254. The highest BCUT2D eigenvalue weighted by Gasteiger charge is 2.24. The summed E-state index contributed by atoms with van der Waals surface area (Å²) < 4.78 is 13.4. The van der Waals surface area contributed by atoms with Crippen molar-refractivity contribution in [1.29, 1.82) is 0 Å². The number of ether oxygens (including phenoxy) is 1. The van der Waals surface area contributed by atoms with Crippen LogP contribution < -0.4 is 0 Å². The highest BCUT2D eigenvalue weighted by atomic mass is 16.5. The van der Waals surface area contributed by atoms with Crippen molar-refractivity contribution in [3.05, 3.63) is 77.5 Å². The van der Waals surface area contributed by atoms with E-state index in [0.29, 0.717) is 30.6 Å². The molecule has 4 aromatic rings. The number of hydrogen-bond donors (Lipinski definition) is 0. The van der Waals surface area contributed by atoms with Gasteiger partial charge in [-0.15, -0.1) is 0 Å². The van der Waals surface area contributed by atoms with Crippen LogP contribution in [0.2, 0.25) is 0 Å². The Morgan fingerprint density at radius 2 is 1.85 bits per heavy atom. The van der Waals surface area contributed by atoms with Gasteiger partial charge in [-0.1, -0.05) is 65.3 Å². The maximum absolute atomic E-state index is 6.00. The number of rotatable bonds is 3. The van der Waals surface area contributed by atoms with E-state index in [1.165, 1.54) is 5.56 Å². The molecule has 0 N–H and O–H groups in total. The molecule has 0 radical (unpaired) electrons. The number of aryl methyl sites for hydroxylation is 1. The van der Waals surface area contributed by atoms with Gasteiger partial charge in [0.05, 0.1) is 18.8 Å². The summed E-state index contributed by atoms with van der Waals surface area (Å²) in [5.41, 5.74) is 4.95. The predicted octanol–water partition coefficient (Wildman–Crippen LogP) is 4.18. The van der Waals surface area contributed by atoms with E-state index < -0.39 is 0 Å². The molecule has 1 aliphatic rings. The van der Waals surface area contributed by atoms with Gasteiger partial charge in [-0.25, -0.2) is 0 Å². The van der Waals surface area contributed by atoms with Crippen molar-refractivity contribution in [2.24, 2.45) is 0 Å². The monoisotopic (exact) mass is 358 g/mol. The lowest BCUT2D eigenvalue weighted by Crippen LogP contribution is -2.21. The van der Waals surface area contributed by atoms with Crippen LogP contribution in [-0.2, 0) is 17.9 Å². The van der Waals surface area contributed by atoms with E-state index in [-0.39, 0.29) is 6.10 Å². The van der Waals surface area contributed by atoms with Gasteiger partial charge in [0.1, 0.15) is 6.10 Å². The molecule has 0 unspecified atom stereocenters. The molecule has 0 saturated carbocycles. The van der Waals surface area contributed by atoms with Crippen molar-refractivity contribution in [2.45, 2.75) is 26.2 Å². The second kappa shape index (κ2) is 6.48. The zero-order chi connectivity index (χ0) is 18.2. The van der Waals surface area contributed by atoms with Crippen LogP contribution in [0.25, 0.3) is 23.0 Å². The molecule has 27 heavy (non-hydrogen) atoms. The largest absolute Gasteiger partial charge is 0.365 e. The third-order valence-electron chi connectivity index (χ3n) is 4.76. The third-order valence-corrected chi connectivity index (χ3v) is 4.76. The standard InChI is InChI=1S/C21H18N4O2/c1-14-7-9-16(10-8-14)20-22-21(27-24-20)18-11-17-13-26-19(12-25(17)23-18)15-5-3-2-4-6-15/h2-11,19H,12-13H2,1H3/t19-/m0/s1. The normalized spacial score (nSPS) is 16.3. The number of benzene rings is 2. The minimum Gasteiger partial charge on any atom is -0.365 e. The molecule has 0 amide bonds. The highest BCUT2D eigenvalue weighted by Crippen LogP contribution is 2.29. The highest BCUT2D eigenvalue weighted by molar-refractivity contribution is 5.58. The van der Waals surface area contributed by atoms with Gasteiger partial charge < -0.3 is 9.26 Å². The smallest absolute Gasteiger partial charge is 0.278 e. The van der Waals surface area contributed by atoms with Gasteiger partial charge >= 0.3 is 0 Å². The van der Waals surface area contributed by atoms with E-state index in [1.54, 1.807) is 0 Å². The van der Waals surface area contributed by atoms with Gasteiger partial charge in [-0.05, 0) is 18.6 Å². The summed E-state index contributed by atoms with van der Waals surface area (Å²) in [6, 6.07) is 20.2. The summed E-state index contributed by atoms with van der Waals surface area (Å²) in [6.45, 7) is 3.22. The lowest BCUT2D eigenvalue weighted by molar-refractivity contribution is -0.00113. The van der Waals surface area contributed by atoms with Crippen molar-refractivity contribution in [3.8, 4) is 23.0 Å². The Kier molecular flexibility index (Phi) is 3.83. The maximum atomic E-state index is 6.00. The molecule has 5 rings (SSSR count). The third kappa shape index (κ3) is 3.04. The number of aromatic nitrogens is 4. The molecule has 1 atom stereocenters. The van der Waals surface area contributed by atoms with E-state index in [2.05, 4.69) is 27.4 Å². The Balaban J connectivity index is 1.40. The molecular formula is C21H18N4O2. The van der Waals surface area contributed by atoms with Crippen molar-refractivity contribution >= 4 is 0 Å². The summed E-state index contributed by atoms with van der Waals surface area (Å²) in [4.78, 5) is 4.51. The Bertz CT molecular complexity index is 1070. The van der Waals surface area contributed by atoms with Gasteiger partial charge in [0.15, 0.2) is 5.69 Å². The molecule has 1 aliphatic heterocycles. The SMILES string of the molecule is Cc1ccc(-c2noc(-c3cc4n(n3)C[C@@H](c3ccccc3)OC4)n2)cc1. The molecule has 134 valence electrons. The zero-order valence-electron chi connectivity index (χ0n) is 14.9. The Morgan fingerprint density at radius 3 is 2.67 bits per heavy atom. The van der Waals surface area contributed by atoms with Crippen LogP contribution in [0.1, 0.15) is 22.9 Å². The van der Waals surface area contributed by atoms with Gasteiger partial charge in [0.2, 0.25) is 5.82 Å². The molecule has 0 aliphatic carbocycles. The summed E-state index contributed by atoms with van der Waals surface area (Å²) in [5.74, 6) is 0.984. The van der Waals surface area contributed by atoms with Crippen LogP contribution in [0.4, 0.5) is 0 Å². The van der Waals surface area contributed by atoms with E-state index in [9.17, 15) is 0 Å². The summed E-state index contributed by atoms with van der Waals surface area (Å²) in [5, 5.41) is 8.75. The van der Waals surface area contributed by atoms with Crippen LogP contribution in [0.3, 0.4) is 0 Å². The van der Waals surface area contributed by atoms with Crippen molar-refractivity contribution in [1.82, 2.24) is 19.9 Å². The molecule has 0 fully saturated rings. The minimum absolute atomic E-state index is 0.00254. The predicted molar refractivity (Wildman–Crippen MR) is 99.7 cm³/mol. The van der Waals surface area contributed by atoms with Crippen LogP contribution in [0.5, 0.6) is 0 Å². The first-order valence-corrected chi connectivity index (χ1v) is 8.91. The first-order valence-electron chi connectivity index (χ1n) is 8.91. The molecule has 0 bridgehead atoms. The molecule has 3 heterocycles. The molecule has 2 aromatic carbocycles. The van der Waals surface area contributed by atoms with E-state index in [1.807, 2.05) is 60.1 Å². The van der Waals surface area contributed by atoms with E-state index in [4.69, 9.17) is 9.26 Å². The van der Waals surface area contributed by atoms with Crippen molar-refractivity contribution in [3.63, 3.8) is 0 Å². The van der Waals surface area contributed by atoms with Crippen LogP contribution in [0.15, 0.2) is 65.2 Å². The van der Waals surface area contributed by atoms with Crippen LogP contribution in [0, 0.1) is 6.92 Å². The average molecular weight is 358 g/mol. The van der Waals surface area contributed by atoms with Crippen LogP contribution >= 0.6 is 0 Å². The Morgan fingerprint density at radius 1 is 1.04 bits per heavy atom. The van der Waals surface area contributed by atoms with Gasteiger partial charge in [-0.2, -0.15) is 10.1 Å². The summed E-state index contributed by atoms with van der Waals surface area (Å²) >= 11 is 0. The Labute approximate surface area is 156 Å². The molecule has 6 nitrogen and oxygen atoms in total. The second-order valence-electron chi connectivity index (χ2n) is 6.70. The molecule has 0 spiro atoms. The fourth-order valence-corrected chi connectivity index (χ4v) is 3.25. The molecule has 2 aromatic heterocycles. The summed E-state index contributed by atoms with van der Waals surface area (Å²) in [7, 11) is 0. The molecule has 6 heteroatoms. The number of nitrogens with zero attached hydrogens (tertiary/aromatic N) is 4. The molecular weight excluding hydrogens is 340 g/mol. The summed E-state index contributed by atoms with van der Waals surface area (Å²) in [6.07, 6.45) is -0.00254. The van der Waals surface area contributed by atoms with Crippen molar-refractivity contribution in [2.75, 3.05) is 0 Å². The lowest BCUT2D eigenvalue weighted by atomic mass is 10.1. The fourth-order valence-electron chi connectivity index (χ4n) is 3.25. The number of fused-ring (bicyclic) bond motifs is 1. The molecule has 0 saturated heterocycles. The fraction of sp³-hybridized carbons (Fsp3) is 0.190. The first kappa shape index (κ1) is 16.0. The topological polar surface area (TPSA) is 66.0 Å². The van der Waals surface area contributed by atoms with Gasteiger partial charge in [0.25, 0.3) is 5.89 Å². The Hall–Kier alpha value is -3.25. The number of hydrogen-bond acceptors (Lipinski definition) is 5. The average Bonchev–Trinajstić information content (AvgIpc) is 3.36. The maximum Gasteiger partial charge on any atom is 0.278 e. The quantitative estimate of drug-likeness (QED) is 0.550. The van der Waals surface area contributed by atoms with E-state index >= 15 is 0 Å². The van der Waals surface area contributed by atoms with E-state index in [0.717, 1.165) is 16.8 Å². The van der Waals surface area contributed by atoms with Crippen molar-refractivity contribution < 1.29 is 9.26 Å². The first-order chi connectivity index (χ1) is 13.3. The zero-order valence-corrected chi connectivity index (χ0v) is 14.9.